The molecule has 3 rings (SSSR count). The summed E-state index contributed by atoms with van der Waals surface area (Å²) in [5.41, 5.74) is 5.54. The summed E-state index contributed by atoms with van der Waals surface area (Å²) >= 11 is 0. The van der Waals surface area contributed by atoms with Gasteiger partial charge in [0.1, 0.15) is 17.6 Å². The zero-order chi connectivity index (χ0) is 21.5. The first-order valence-electron chi connectivity index (χ1n) is 8.51. The van der Waals surface area contributed by atoms with Gasteiger partial charge in [-0.15, -0.1) is 0 Å². The number of benzene rings is 1. The Balaban J connectivity index is 1.62. The highest BCUT2D eigenvalue weighted by Gasteiger charge is 2.17. The quantitative estimate of drug-likeness (QED) is 0.532. The van der Waals surface area contributed by atoms with Crippen LogP contribution in [0, 0.1) is 0 Å². The first-order chi connectivity index (χ1) is 14.4. The summed E-state index contributed by atoms with van der Waals surface area (Å²) in [6.45, 7) is -3.38. The molecule has 0 saturated heterocycles. The van der Waals surface area contributed by atoms with E-state index in [1.165, 1.54) is 12.1 Å². The second kappa shape index (κ2) is 9.60. The van der Waals surface area contributed by atoms with Crippen molar-refractivity contribution in [2.45, 2.75) is 19.1 Å². The minimum Gasteiger partial charge on any atom is -0.443 e. The monoisotopic (exact) mass is 422 g/mol. The van der Waals surface area contributed by atoms with Crippen molar-refractivity contribution in [3.63, 3.8) is 0 Å². The first-order valence-corrected chi connectivity index (χ1v) is 8.51. The van der Waals surface area contributed by atoms with Gasteiger partial charge in [-0.1, -0.05) is 5.16 Å². The van der Waals surface area contributed by atoms with Gasteiger partial charge in [-0.25, -0.2) is 9.78 Å². The molecule has 0 radical (unpaired) electrons. The smallest absolute Gasteiger partial charge is 0.404 e. The third-order valence-electron chi connectivity index (χ3n) is 3.63. The zero-order valence-electron chi connectivity index (χ0n) is 15.3. The van der Waals surface area contributed by atoms with Crippen LogP contribution >= 0.6 is 0 Å². The summed E-state index contributed by atoms with van der Waals surface area (Å²) < 4.78 is 43.8. The van der Waals surface area contributed by atoms with Gasteiger partial charge in [0.15, 0.2) is 0 Å². The fourth-order valence-corrected chi connectivity index (χ4v) is 2.35. The molecule has 3 aromatic rings. The van der Waals surface area contributed by atoms with Gasteiger partial charge in [0.05, 0.1) is 19.2 Å². The molecule has 0 aliphatic carbocycles. The molecule has 2 aromatic heterocycles. The molecule has 0 fully saturated rings. The van der Waals surface area contributed by atoms with Crippen molar-refractivity contribution in [1.82, 2.24) is 15.1 Å². The number of pyridine rings is 1. The molecule has 0 saturated carbocycles. The molecule has 1 unspecified atom stereocenters. The van der Waals surface area contributed by atoms with Gasteiger partial charge in [-0.05, 0) is 30.3 Å². The van der Waals surface area contributed by atoms with E-state index in [1.807, 2.05) is 0 Å². The van der Waals surface area contributed by atoms with Gasteiger partial charge in [0.25, 0.3) is 0 Å². The molecule has 12 heteroatoms. The highest BCUT2D eigenvalue weighted by atomic mass is 19.3. The fraction of sp³-hybridized carbons (Fsp3) is 0.222. The average molecular weight is 422 g/mol. The largest absolute Gasteiger partial charge is 0.443 e. The summed E-state index contributed by atoms with van der Waals surface area (Å²) in [5.74, 6) is 0.980. The molecule has 30 heavy (non-hydrogen) atoms. The number of aliphatic hydroxyl groups excluding tert-OH is 1. The molecule has 0 aliphatic rings. The summed E-state index contributed by atoms with van der Waals surface area (Å²) in [5, 5.41) is 13.0. The number of halogens is 2. The number of ether oxygens (including phenoxy) is 3. The Morgan fingerprint density at radius 2 is 1.90 bits per heavy atom. The maximum Gasteiger partial charge on any atom is 0.404 e. The van der Waals surface area contributed by atoms with Gasteiger partial charge in [0.2, 0.25) is 17.6 Å². The number of carbonyl (C=O) groups excluding carboxylic acids is 1. The van der Waals surface area contributed by atoms with Gasteiger partial charge in [-0.2, -0.15) is 13.8 Å². The van der Waals surface area contributed by atoms with Crippen molar-refractivity contribution >= 4 is 6.09 Å². The molecule has 1 atom stereocenters. The van der Waals surface area contributed by atoms with E-state index in [0.29, 0.717) is 11.3 Å². The zero-order valence-corrected chi connectivity index (χ0v) is 15.3. The van der Waals surface area contributed by atoms with E-state index in [0.717, 1.165) is 6.20 Å². The highest BCUT2D eigenvalue weighted by molar-refractivity contribution is 5.64. The predicted molar refractivity (Wildman–Crippen MR) is 95.9 cm³/mol. The molecular weight excluding hydrogens is 406 g/mol. The number of amides is 1. The summed E-state index contributed by atoms with van der Waals surface area (Å²) in [6, 6.07) is 9.30. The number of hydrogen-bond donors (Lipinski definition) is 2. The van der Waals surface area contributed by atoms with Crippen LogP contribution in [-0.2, 0) is 11.2 Å². The maximum atomic E-state index is 12.1. The van der Waals surface area contributed by atoms with Crippen LogP contribution in [0.5, 0.6) is 17.4 Å². The molecule has 0 aliphatic heterocycles. The number of aliphatic hydroxyl groups is 1. The number of primary amides is 1. The third kappa shape index (κ3) is 5.85. The van der Waals surface area contributed by atoms with Crippen molar-refractivity contribution < 1.29 is 37.4 Å². The molecule has 2 heterocycles. The Kier molecular flexibility index (Phi) is 6.70. The molecule has 158 valence electrons. The minimum atomic E-state index is -2.93. The normalized spacial score (nSPS) is 11.9. The van der Waals surface area contributed by atoms with E-state index in [1.54, 1.807) is 24.3 Å². The highest BCUT2D eigenvalue weighted by Crippen LogP contribution is 2.25. The lowest BCUT2D eigenvalue weighted by Crippen LogP contribution is -2.27. The van der Waals surface area contributed by atoms with Crippen LogP contribution in [0.25, 0.3) is 11.4 Å². The third-order valence-corrected chi connectivity index (χ3v) is 3.63. The van der Waals surface area contributed by atoms with Gasteiger partial charge in [-0.3, -0.25) is 0 Å². The number of nitrogens with zero attached hydrogens (tertiary/aromatic N) is 3. The van der Waals surface area contributed by atoms with E-state index < -0.39 is 25.4 Å². The number of nitrogens with two attached hydrogens (primary N) is 1. The van der Waals surface area contributed by atoms with Gasteiger partial charge >= 0.3 is 12.7 Å². The Hall–Kier alpha value is -3.80. The fourth-order valence-electron chi connectivity index (χ4n) is 2.35. The Labute approximate surface area is 168 Å². The summed E-state index contributed by atoms with van der Waals surface area (Å²) in [6.07, 6.45) is -0.783. The lowest BCUT2D eigenvalue weighted by Gasteiger charge is -2.10. The van der Waals surface area contributed by atoms with Crippen LogP contribution in [0.2, 0.25) is 0 Å². The number of aromatic nitrogens is 3. The van der Waals surface area contributed by atoms with Crippen LogP contribution < -0.4 is 15.2 Å². The van der Waals surface area contributed by atoms with Crippen molar-refractivity contribution in [1.29, 1.82) is 0 Å². The summed E-state index contributed by atoms with van der Waals surface area (Å²) in [7, 11) is 0. The number of hydrogen-bond acceptors (Lipinski definition) is 9. The lowest BCUT2D eigenvalue weighted by molar-refractivity contribution is -0.0501. The number of rotatable bonds is 9. The minimum absolute atomic E-state index is 0.00454. The van der Waals surface area contributed by atoms with Crippen molar-refractivity contribution in [3.8, 4) is 28.8 Å². The van der Waals surface area contributed by atoms with Gasteiger partial charge in [0, 0.05) is 11.6 Å². The molecule has 0 spiro atoms. The first kappa shape index (κ1) is 20.9. The average Bonchev–Trinajstić information content (AvgIpc) is 3.17. The van der Waals surface area contributed by atoms with Gasteiger partial charge < -0.3 is 29.6 Å². The molecule has 3 N–H and O–H groups in total. The van der Waals surface area contributed by atoms with Crippen molar-refractivity contribution in [2.24, 2.45) is 5.73 Å². The molecule has 1 amide bonds. The van der Waals surface area contributed by atoms with E-state index in [2.05, 4.69) is 19.9 Å². The van der Waals surface area contributed by atoms with Crippen LogP contribution in [0.15, 0.2) is 47.1 Å². The predicted octanol–water partition coefficient (Wildman–Crippen LogP) is 2.52. The van der Waals surface area contributed by atoms with E-state index in [4.69, 9.17) is 19.7 Å². The topological polar surface area (TPSA) is 143 Å². The molecule has 0 bridgehead atoms. The van der Waals surface area contributed by atoms with Crippen LogP contribution in [0.3, 0.4) is 0 Å². The van der Waals surface area contributed by atoms with E-state index in [-0.39, 0.29) is 29.8 Å². The van der Waals surface area contributed by atoms with E-state index >= 15 is 0 Å². The maximum absolute atomic E-state index is 12.1. The Morgan fingerprint density at radius 1 is 1.17 bits per heavy atom. The Bertz CT molecular complexity index is 966. The van der Waals surface area contributed by atoms with Crippen LogP contribution in [-0.4, -0.2) is 45.6 Å². The number of alkyl halides is 2. The second-order valence-corrected chi connectivity index (χ2v) is 5.79. The standard InChI is InChI=1S/C18H16F2N4O6/c19-17(20)28-12-5-6-14(22-8-12)27-11-3-1-10(2-4-11)16-23-15(30-24-16)7-13(9-25)29-18(21)26/h1-6,8,13,17,25H,7,9H2,(H2,21,26). The number of carbonyl (C=O) groups is 1. The molecule has 10 nitrogen and oxygen atoms in total. The van der Waals surface area contributed by atoms with Crippen LogP contribution in [0.1, 0.15) is 5.89 Å². The second-order valence-electron chi connectivity index (χ2n) is 5.79. The lowest BCUT2D eigenvalue weighted by atomic mass is 10.2. The van der Waals surface area contributed by atoms with E-state index in [9.17, 15) is 18.7 Å². The molecule has 1 aromatic carbocycles. The Morgan fingerprint density at radius 3 is 2.50 bits per heavy atom. The van der Waals surface area contributed by atoms with Crippen molar-refractivity contribution in [2.75, 3.05) is 6.61 Å². The van der Waals surface area contributed by atoms with Crippen LogP contribution in [0.4, 0.5) is 13.6 Å². The summed E-state index contributed by atoms with van der Waals surface area (Å²) in [4.78, 5) is 18.8. The molecular formula is C18H16F2N4O6. The van der Waals surface area contributed by atoms with Crippen molar-refractivity contribution in [3.05, 3.63) is 48.5 Å². The SMILES string of the molecule is NC(=O)OC(CO)Cc1nc(-c2ccc(Oc3ccc(OC(F)F)cn3)cc2)no1.